The molecule has 7 heteroatoms. The second kappa shape index (κ2) is 7.65. The van der Waals surface area contributed by atoms with Gasteiger partial charge < -0.3 is 5.32 Å². The molecule has 1 atom stereocenters. The van der Waals surface area contributed by atoms with Crippen LogP contribution in [0.5, 0.6) is 0 Å². The molecule has 0 spiro atoms. The summed E-state index contributed by atoms with van der Waals surface area (Å²) < 4.78 is 17.1. The van der Waals surface area contributed by atoms with Crippen molar-refractivity contribution in [2.45, 2.75) is 45.7 Å². The molecule has 3 aromatic heterocycles. The number of piperidine rings is 1. The van der Waals surface area contributed by atoms with E-state index in [1.165, 1.54) is 12.8 Å². The first kappa shape index (κ1) is 18.9. The van der Waals surface area contributed by atoms with Gasteiger partial charge in [0.25, 0.3) is 0 Å². The van der Waals surface area contributed by atoms with Gasteiger partial charge in [0.15, 0.2) is 0 Å². The van der Waals surface area contributed by atoms with Crippen LogP contribution in [0, 0.1) is 12.7 Å². The van der Waals surface area contributed by atoms with Crippen LogP contribution in [0.4, 0.5) is 4.39 Å². The van der Waals surface area contributed by atoms with E-state index in [1.807, 2.05) is 30.8 Å². The van der Waals surface area contributed by atoms with Gasteiger partial charge in [-0.15, -0.1) is 0 Å². The Morgan fingerprint density at radius 1 is 1.20 bits per heavy atom. The van der Waals surface area contributed by atoms with Crippen molar-refractivity contribution in [3.05, 3.63) is 53.7 Å². The van der Waals surface area contributed by atoms with Crippen LogP contribution in [0.15, 0.2) is 36.8 Å². The molecule has 1 saturated heterocycles. The highest BCUT2D eigenvalue weighted by atomic mass is 19.1. The summed E-state index contributed by atoms with van der Waals surface area (Å²) in [5.41, 5.74) is 5.63. The van der Waals surface area contributed by atoms with Gasteiger partial charge in [0.1, 0.15) is 11.5 Å². The van der Waals surface area contributed by atoms with Crippen LogP contribution in [0.25, 0.3) is 33.4 Å². The molecule has 5 rings (SSSR count). The summed E-state index contributed by atoms with van der Waals surface area (Å²) in [5.74, 6) is -0.229. The zero-order chi connectivity index (χ0) is 20.7. The third kappa shape index (κ3) is 3.29. The molecule has 1 aliphatic rings. The number of hydrogen-bond donors (Lipinski definition) is 2. The predicted octanol–water partition coefficient (Wildman–Crippen LogP) is 4.77. The van der Waals surface area contributed by atoms with Gasteiger partial charge in [-0.05, 0) is 56.5 Å². The predicted molar refractivity (Wildman–Crippen MR) is 116 cm³/mol. The number of hydrogen-bond acceptors (Lipinski definition) is 4. The number of pyridine rings is 1. The van der Waals surface area contributed by atoms with Crippen molar-refractivity contribution < 1.29 is 4.39 Å². The molecule has 2 N–H and O–H groups in total. The van der Waals surface area contributed by atoms with Crippen LogP contribution in [-0.2, 0) is 6.54 Å². The fourth-order valence-corrected chi connectivity index (χ4v) is 4.36. The van der Waals surface area contributed by atoms with E-state index in [4.69, 9.17) is 0 Å². The Kier molecular flexibility index (Phi) is 4.83. The molecular formula is C23H25FN6. The van der Waals surface area contributed by atoms with E-state index in [-0.39, 0.29) is 11.9 Å². The van der Waals surface area contributed by atoms with Crippen molar-refractivity contribution in [3.8, 4) is 22.5 Å². The second-order valence-corrected chi connectivity index (χ2v) is 7.97. The number of nitrogens with zero attached hydrogens (tertiary/aromatic N) is 4. The highest BCUT2D eigenvalue weighted by Gasteiger charge is 2.20. The number of aromatic amines is 1. The normalized spacial score (nSPS) is 17.0. The average Bonchev–Trinajstić information content (AvgIpc) is 3.40. The molecule has 6 nitrogen and oxygen atoms in total. The first-order chi connectivity index (χ1) is 14.6. The fourth-order valence-electron chi connectivity index (χ4n) is 4.36. The van der Waals surface area contributed by atoms with E-state index >= 15 is 4.39 Å². The minimum atomic E-state index is -0.229. The van der Waals surface area contributed by atoms with E-state index in [1.54, 1.807) is 18.5 Å². The lowest BCUT2D eigenvalue weighted by atomic mass is 9.93. The van der Waals surface area contributed by atoms with Gasteiger partial charge in [0.2, 0.25) is 0 Å². The number of nitrogens with one attached hydrogen (secondary N) is 2. The van der Waals surface area contributed by atoms with Crippen LogP contribution < -0.4 is 5.32 Å². The lowest BCUT2D eigenvalue weighted by Gasteiger charge is -2.24. The van der Waals surface area contributed by atoms with Crippen molar-refractivity contribution in [3.63, 3.8) is 0 Å². The Bertz CT molecular complexity index is 1180. The lowest BCUT2D eigenvalue weighted by Crippen LogP contribution is -2.26. The SMILES string of the molecule is CCn1cc(-c2n[nH]c3cnc(-c4c(C)cc([C@H]5CCCCN5)cc4F)cc23)cn1. The molecule has 30 heavy (non-hydrogen) atoms. The third-order valence-electron chi connectivity index (χ3n) is 5.96. The summed E-state index contributed by atoms with van der Waals surface area (Å²) in [4.78, 5) is 4.52. The maximum absolute atomic E-state index is 15.2. The number of fused-ring (bicyclic) bond motifs is 1. The minimum Gasteiger partial charge on any atom is -0.310 e. The van der Waals surface area contributed by atoms with Crippen LogP contribution in [0.2, 0.25) is 0 Å². The molecule has 1 aliphatic heterocycles. The smallest absolute Gasteiger partial charge is 0.133 e. The number of rotatable bonds is 4. The maximum atomic E-state index is 15.2. The molecule has 1 fully saturated rings. The molecule has 4 heterocycles. The summed E-state index contributed by atoms with van der Waals surface area (Å²) in [6, 6.07) is 5.90. The van der Waals surface area contributed by atoms with E-state index in [0.717, 1.165) is 52.8 Å². The van der Waals surface area contributed by atoms with E-state index < -0.39 is 0 Å². The summed E-state index contributed by atoms with van der Waals surface area (Å²) >= 11 is 0. The van der Waals surface area contributed by atoms with Crippen molar-refractivity contribution in [1.82, 2.24) is 30.3 Å². The molecule has 0 amide bonds. The molecule has 0 unspecified atom stereocenters. The van der Waals surface area contributed by atoms with Crippen molar-refractivity contribution in [2.75, 3.05) is 6.54 Å². The van der Waals surface area contributed by atoms with Crippen LogP contribution in [0.3, 0.4) is 0 Å². The van der Waals surface area contributed by atoms with E-state index in [0.29, 0.717) is 11.3 Å². The first-order valence-electron chi connectivity index (χ1n) is 10.5. The molecule has 154 valence electrons. The van der Waals surface area contributed by atoms with Crippen LogP contribution in [-0.4, -0.2) is 31.5 Å². The highest BCUT2D eigenvalue weighted by Crippen LogP contribution is 2.34. The van der Waals surface area contributed by atoms with Gasteiger partial charge in [-0.3, -0.25) is 14.8 Å². The molecule has 1 aromatic carbocycles. The Morgan fingerprint density at radius 2 is 2.10 bits per heavy atom. The summed E-state index contributed by atoms with van der Waals surface area (Å²) in [7, 11) is 0. The van der Waals surface area contributed by atoms with E-state index in [9.17, 15) is 0 Å². The van der Waals surface area contributed by atoms with Gasteiger partial charge in [-0.1, -0.05) is 12.5 Å². The van der Waals surface area contributed by atoms with Gasteiger partial charge in [-0.25, -0.2) is 4.39 Å². The van der Waals surface area contributed by atoms with Gasteiger partial charge in [0, 0.05) is 35.3 Å². The Balaban J connectivity index is 1.56. The summed E-state index contributed by atoms with van der Waals surface area (Å²) in [6.45, 7) is 5.78. The average molecular weight is 404 g/mol. The topological polar surface area (TPSA) is 71.4 Å². The van der Waals surface area contributed by atoms with Gasteiger partial charge >= 0.3 is 0 Å². The third-order valence-corrected chi connectivity index (χ3v) is 5.96. The Hall–Kier alpha value is -3.06. The number of benzene rings is 1. The second-order valence-electron chi connectivity index (χ2n) is 7.97. The zero-order valence-corrected chi connectivity index (χ0v) is 17.2. The van der Waals surface area contributed by atoms with Crippen molar-refractivity contribution >= 4 is 10.9 Å². The number of aromatic nitrogens is 5. The van der Waals surface area contributed by atoms with Gasteiger partial charge in [-0.2, -0.15) is 10.2 Å². The lowest BCUT2D eigenvalue weighted by molar-refractivity contribution is 0.411. The quantitative estimate of drug-likeness (QED) is 0.514. The summed E-state index contributed by atoms with van der Waals surface area (Å²) in [5, 5.41) is 16.2. The molecule has 0 radical (unpaired) electrons. The molecule has 0 bridgehead atoms. The number of aryl methyl sites for hydroxylation is 2. The van der Waals surface area contributed by atoms with Gasteiger partial charge in [0.05, 0.1) is 23.6 Å². The van der Waals surface area contributed by atoms with Crippen LogP contribution in [0.1, 0.15) is 43.4 Å². The van der Waals surface area contributed by atoms with Crippen LogP contribution >= 0.6 is 0 Å². The number of halogens is 1. The molecule has 0 aliphatic carbocycles. The fraction of sp³-hybridized carbons (Fsp3) is 0.348. The summed E-state index contributed by atoms with van der Waals surface area (Å²) in [6.07, 6.45) is 8.90. The highest BCUT2D eigenvalue weighted by molar-refractivity contribution is 5.94. The van der Waals surface area contributed by atoms with Crippen molar-refractivity contribution in [1.29, 1.82) is 0 Å². The van der Waals surface area contributed by atoms with Crippen molar-refractivity contribution in [2.24, 2.45) is 0 Å². The first-order valence-corrected chi connectivity index (χ1v) is 10.5. The Labute approximate surface area is 174 Å². The van der Waals surface area contributed by atoms with E-state index in [2.05, 4.69) is 31.7 Å². The molecule has 4 aromatic rings. The minimum absolute atomic E-state index is 0.229. The number of H-pyrrole nitrogens is 1. The Morgan fingerprint density at radius 3 is 2.83 bits per heavy atom. The monoisotopic (exact) mass is 404 g/mol. The standard InChI is InChI=1S/C23H25FN6/c1-3-30-13-16(11-27-30)23-17-10-20(26-12-21(17)28-29-23)22-14(2)8-15(9-18(22)24)19-6-4-5-7-25-19/h8-13,19,25H,3-7H2,1-2H3,(H,28,29)/t19-/m1/s1. The zero-order valence-electron chi connectivity index (χ0n) is 17.2. The molecular weight excluding hydrogens is 379 g/mol. The molecule has 0 saturated carbocycles. The maximum Gasteiger partial charge on any atom is 0.133 e. The largest absolute Gasteiger partial charge is 0.310 e.